The lowest BCUT2D eigenvalue weighted by Gasteiger charge is -2.34. The molecule has 0 radical (unpaired) electrons. The molecule has 1 fully saturated rings. The van der Waals surface area contributed by atoms with Gasteiger partial charge < -0.3 is 4.90 Å². The van der Waals surface area contributed by atoms with Crippen LogP contribution >= 0.6 is 15.9 Å². The van der Waals surface area contributed by atoms with E-state index < -0.39 is 14.9 Å². The van der Waals surface area contributed by atoms with Gasteiger partial charge in [-0.15, -0.1) is 0 Å². The van der Waals surface area contributed by atoms with Crippen molar-refractivity contribution < 1.29 is 13.3 Å². The molecule has 0 bridgehead atoms. The quantitative estimate of drug-likeness (QED) is 0.445. The average molecular weight is 365 g/mol. The van der Waals surface area contributed by atoms with Crippen molar-refractivity contribution in [3.63, 3.8) is 0 Å². The number of aromatic nitrogens is 1. The SMILES string of the molecule is O=[N+]([O-])c1ccc(N2CCN(S(=O)(=O)CBr)CC2)nc1. The van der Waals surface area contributed by atoms with Crippen LogP contribution in [0.4, 0.5) is 11.5 Å². The van der Waals surface area contributed by atoms with Gasteiger partial charge in [0.1, 0.15) is 16.7 Å². The third-order valence-corrected chi connectivity index (χ3v) is 6.20. The number of pyridine rings is 1. The van der Waals surface area contributed by atoms with Gasteiger partial charge in [-0.1, -0.05) is 15.9 Å². The van der Waals surface area contributed by atoms with Crippen molar-refractivity contribution in [1.82, 2.24) is 9.29 Å². The van der Waals surface area contributed by atoms with Crippen molar-refractivity contribution in [2.75, 3.05) is 35.7 Å². The first kappa shape index (κ1) is 15.1. The van der Waals surface area contributed by atoms with Gasteiger partial charge in [-0.25, -0.2) is 13.4 Å². The van der Waals surface area contributed by atoms with Crippen molar-refractivity contribution >= 4 is 37.5 Å². The van der Waals surface area contributed by atoms with E-state index in [1.807, 2.05) is 4.90 Å². The highest BCUT2D eigenvalue weighted by molar-refractivity contribution is 9.10. The van der Waals surface area contributed by atoms with Crippen LogP contribution in [0.3, 0.4) is 0 Å². The zero-order valence-corrected chi connectivity index (χ0v) is 12.9. The molecule has 0 saturated carbocycles. The van der Waals surface area contributed by atoms with Crippen LogP contribution in [-0.2, 0) is 10.0 Å². The molecule has 2 rings (SSSR count). The van der Waals surface area contributed by atoms with Crippen molar-refractivity contribution in [1.29, 1.82) is 0 Å². The zero-order chi connectivity index (χ0) is 14.8. The lowest BCUT2D eigenvalue weighted by atomic mass is 10.3. The van der Waals surface area contributed by atoms with Gasteiger partial charge in [-0.2, -0.15) is 4.31 Å². The normalized spacial score (nSPS) is 17.1. The van der Waals surface area contributed by atoms with Crippen molar-refractivity contribution in [2.24, 2.45) is 0 Å². The topological polar surface area (TPSA) is 96.6 Å². The van der Waals surface area contributed by atoms with E-state index in [0.29, 0.717) is 32.0 Å². The second kappa shape index (κ2) is 6.02. The first-order chi connectivity index (χ1) is 9.44. The molecular formula is C10H13BrN4O4S. The summed E-state index contributed by atoms with van der Waals surface area (Å²) in [5.74, 6) is 0.617. The number of rotatable bonds is 4. The van der Waals surface area contributed by atoms with Crippen molar-refractivity contribution in [3.05, 3.63) is 28.4 Å². The highest BCUT2D eigenvalue weighted by Crippen LogP contribution is 2.18. The maximum absolute atomic E-state index is 11.7. The van der Waals surface area contributed by atoms with Crippen LogP contribution < -0.4 is 4.90 Å². The van der Waals surface area contributed by atoms with Gasteiger partial charge in [-0.05, 0) is 6.07 Å². The fourth-order valence-electron chi connectivity index (χ4n) is 1.94. The molecule has 0 amide bonds. The number of sulfonamides is 1. The molecule has 1 aliphatic heterocycles. The molecule has 0 aliphatic carbocycles. The van der Waals surface area contributed by atoms with Crippen molar-refractivity contribution in [2.45, 2.75) is 0 Å². The second-order valence-electron chi connectivity index (χ2n) is 4.24. The molecule has 1 aliphatic rings. The van der Waals surface area contributed by atoms with Gasteiger partial charge in [0.05, 0.1) is 4.92 Å². The summed E-state index contributed by atoms with van der Waals surface area (Å²) in [5.41, 5.74) is -0.0609. The molecule has 1 saturated heterocycles. The minimum Gasteiger partial charge on any atom is -0.354 e. The third kappa shape index (κ3) is 3.25. The third-order valence-electron chi connectivity index (χ3n) is 3.04. The predicted octanol–water partition coefficient (Wildman–Crippen LogP) is 0.794. The number of anilines is 1. The molecule has 1 aromatic heterocycles. The van der Waals surface area contributed by atoms with Crippen LogP contribution in [0.5, 0.6) is 0 Å². The highest BCUT2D eigenvalue weighted by Gasteiger charge is 2.26. The number of nitro groups is 1. The Morgan fingerprint density at radius 2 is 1.95 bits per heavy atom. The lowest BCUT2D eigenvalue weighted by molar-refractivity contribution is -0.385. The summed E-state index contributed by atoms with van der Waals surface area (Å²) in [4.78, 5) is 16.0. The van der Waals surface area contributed by atoms with Crippen LogP contribution in [0, 0.1) is 10.1 Å². The van der Waals surface area contributed by atoms with Crippen LogP contribution in [0.1, 0.15) is 0 Å². The van der Waals surface area contributed by atoms with Crippen LogP contribution in [0.25, 0.3) is 0 Å². The molecule has 8 nitrogen and oxygen atoms in total. The first-order valence-corrected chi connectivity index (χ1v) is 8.56. The Morgan fingerprint density at radius 3 is 2.40 bits per heavy atom. The Morgan fingerprint density at radius 1 is 1.30 bits per heavy atom. The monoisotopic (exact) mass is 364 g/mol. The fraction of sp³-hybridized carbons (Fsp3) is 0.500. The second-order valence-corrected chi connectivity index (χ2v) is 7.51. The summed E-state index contributed by atoms with van der Waals surface area (Å²) in [5, 5.41) is 10.5. The van der Waals surface area contributed by atoms with E-state index in [1.54, 1.807) is 6.07 Å². The molecular weight excluding hydrogens is 352 g/mol. The molecule has 0 spiro atoms. The Kier molecular flexibility index (Phi) is 4.55. The average Bonchev–Trinajstić information content (AvgIpc) is 2.47. The smallest absolute Gasteiger partial charge is 0.287 e. The van der Waals surface area contributed by atoms with Gasteiger partial charge in [0, 0.05) is 32.2 Å². The van der Waals surface area contributed by atoms with Crippen LogP contribution in [0.15, 0.2) is 18.3 Å². The summed E-state index contributed by atoms with van der Waals surface area (Å²) in [6, 6.07) is 2.97. The lowest BCUT2D eigenvalue weighted by Crippen LogP contribution is -2.49. The van der Waals surface area contributed by atoms with Crippen LogP contribution in [0.2, 0.25) is 0 Å². The minimum absolute atomic E-state index is 0.0609. The molecule has 0 N–H and O–H groups in total. The fourth-order valence-corrected chi connectivity index (χ4v) is 3.66. The van der Waals surface area contributed by atoms with Gasteiger partial charge in [0.2, 0.25) is 10.0 Å². The van der Waals surface area contributed by atoms with E-state index in [4.69, 9.17) is 0 Å². The van der Waals surface area contributed by atoms with E-state index in [1.165, 1.54) is 16.6 Å². The van der Waals surface area contributed by atoms with Crippen LogP contribution in [-0.4, -0.2) is 53.5 Å². The molecule has 2 heterocycles. The minimum atomic E-state index is -3.23. The Labute approximate surface area is 124 Å². The number of alkyl halides is 1. The standard InChI is InChI=1S/C10H13BrN4O4S/c11-8-20(18,19)14-5-3-13(4-6-14)10-2-1-9(7-12-10)15(16)17/h1-2,7H,3-6,8H2. The van der Waals surface area contributed by atoms with E-state index in [2.05, 4.69) is 20.9 Å². The molecule has 110 valence electrons. The molecule has 0 aromatic carbocycles. The van der Waals surface area contributed by atoms with Gasteiger partial charge in [0.25, 0.3) is 5.69 Å². The number of piperazine rings is 1. The van der Waals surface area contributed by atoms with Gasteiger partial charge in [0.15, 0.2) is 0 Å². The maximum Gasteiger partial charge on any atom is 0.287 e. The number of nitrogens with zero attached hydrogens (tertiary/aromatic N) is 4. The predicted molar refractivity (Wildman–Crippen MR) is 77.4 cm³/mol. The molecule has 0 unspecified atom stereocenters. The first-order valence-electron chi connectivity index (χ1n) is 5.83. The molecule has 20 heavy (non-hydrogen) atoms. The summed E-state index contributed by atoms with van der Waals surface area (Å²) in [6.07, 6.45) is 1.21. The van der Waals surface area contributed by atoms with E-state index in [0.717, 1.165) is 0 Å². The van der Waals surface area contributed by atoms with Crippen molar-refractivity contribution in [3.8, 4) is 0 Å². The summed E-state index contributed by atoms with van der Waals surface area (Å²) < 4.78 is 24.7. The maximum atomic E-state index is 11.7. The van der Waals surface area contributed by atoms with E-state index >= 15 is 0 Å². The number of halogens is 1. The number of hydrogen-bond donors (Lipinski definition) is 0. The van der Waals surface area contributed by atoms with Gasteiger partial charge in [-0.3, -0.25) is 10.1 Å². The summed E-state index contributed by atoms with van der Waals surface area (Å²) in [7, 11) is -3.23. The molecule has 10 heteroatoms. The molecule has 1 aromatic rings. The Hall–Kier alpha value is -1.26. The zero-order valence-electron chi connectivity index (χ0n) is 10.5. The Bertz CT molecular complexity index is 584. The van der Waals surface area contributed by atoms with E-state index in [-0.39, 0.29) is 10.3 Å². The summed E-state index contributed by atoms with van der Waals surface area (Å²) in [6.45, 7) is 1.79. The van der Waals surface area contributed by atoms with E-state index in [9.17, 15) is 18.5 Å². The van der Waals surface area contributed by atoms with Gasteiger partial charge >= 0.3 is 0 Å². The highest BCUT2D eigenvalue weighted by atomic mass is 79.9. The molecule has 0 atom stereocenters. The summed E-state index contributed by atoms with van der Waals surface area (Å²) >= 11 is 2.97. The number of hydrogen-bond acceptors (Lipinski definition) is 6. The largest absolute Gasteiger partial charge is 0.354 e. The Balaban J connectivity index is 2.02.